The molecule has 0 radical (unpaired) electrons. The van der Waals surface area contributed by atoms with E-state index in [1.54, 1.807) is 13.2 Å². The van der Waals surface area contributed by atoms with Crippen LogP contribution < -0.4 is 10.1 Å². The zero-order valence-corrected chi connectivity index (χ0v) is 12.2. The quantitative estimate of drug-likeness (QED) is 0.887. The molecule has 1 saturated carbocycles. The van der Waals surface area contributed by atoms with Gasteiger partial charge in [0.05, 0.1) is 13.4 Å². The van der Waals surface area contributed by atoms with Crippen molar-refractivity contribution in [2.75, 3.05) is 7.11 Å². The number of methoxy groups -OCH3 is 1. The van der Waals surface area contributed by atoms with Crippen LogP contribution in [0.5, 0.6) is 11.5 Å². The van der Waals surface area contributed by atoms with Gasteiger partial charge in [-0.25, -0.2) is 4.98 Å². The molecule has 1 fully saturated rings. The Morgan fingerprint density at radius 3 is 3.10 bits per heavy atom. The Labute approximate surface area is 124 Å². The third-order valence-corrected chi connectivity index (χ3v) is 4.20. The summed E-state index contributed by atoms with van der Waals surface area (Å²) in [7, 11) is 1.57. The number of nitrogens with one attached hydrogen (secondary N) is 1. The summed E-state index contributed by atoms with van der Waals surface area (Å²) in [6, 6.07) is 6.42. The van der Waals surface area contributed by atoms with Gasteiger partial charge in [-0.15, -0.1) is 0 Å². The molecule has 112 valence electrons. The molecule has 2 atom stereocenters. The van der Waals surface area contributed by atoms with E-state index in [4.69, 9.17) is 4.74 Å². The maximum Gasteiger partial charge on any atom is 0.160 e. The summed E-state index contributed by atoms with van der Waals surface area (Å²) in [6.45, 7) is 0.770. The minimum absolute atomic E-state index is 0.179. The number of benzene rings is 1. The number of aromatic nitrogens is 2. The molecule has 3 rings (SSSR count). The number of imidazole rings is 1. The summed E-state index contributed by atoms with van der Waals surface area (Å²) in [5, 5.41) is 13.2. The Morgan fingerprint density at radius 2 is 2.33 bits per heavy atom. The minimum atomic E-state index is 0.179. The standard InChI is InChI=1S/C16H21N3O2/c1-21-16-9-12(5-6-15(16)20)10-18-13-3-2-4-14(13)19-8-7-17-11-19/h5-9,11,13-14,18,20H,2-4,10H2,1H3. The van der Waals surface area contributed by atoms with Crippen molar-refractivity contribution in [3.8, 4) is 11.5 Å². The smallest absolute Gasteiger partial charge is 0.160 e. The zero-order chi connectivity index (χ0) is 14.7. The third kappa shape index (κ3) is 3.03. The van der Waals surface area contributed by atoms with Gasteiger partial charge < -0.3 is 19.7 Å². The largest absolute Gasteiger partial charge is 0.504 e. The van der Waals surface area contributed by atoms with Gasteiger partial charge in [0.15, 0.2) is 11.5 Å². The van der Waals surface area contributed by atoms with E-state index < -0.39 is 0 Å². The molecular weight excluding hydrogens is 266 g/mol. The highest BCUT2D eigenvalue weighted by atomic mass is 16.5. The Balaban J connectivity index is 1.64. The highest BCUT2D eigenvalue weighted by Gasteiger charge is 2.27. The summed E-state index contributed by atoms with van der Waals surface area (Å²) in [6.07, 6.45) is 9.37. The van der Waals surface area contributed by atoms with E-state index >= 15 is 0 Å². The third-order valence-electron chi connectivity index (χ3n) is 4.20. The van der Waals surface area contributed by atoms with E-state index in [1.807, 2.05) is 30.9 Å². The summed E-state index contributed by atoms with van der Waals surface area (Å²) in [4.78, 5) is 4.14. The molecule has 1 heterocycles. The summed E-state index contributed by atoms with van der Waals surface area (Å²) < 4.78 is 7.34. The maximum atomic E-state index is 9.63. The molecule has 5 heteroatoms. The van der Waals surface area contributed by atoms with Crippen LogP contribution in [0.25, 0.3) is 0 Å². The van der Waals surface area contributed by atoms with Crippen LogP contribution in [-0.4, -0.2) is 27.8 Å². The van der Waals surface area contributed by atoms with Crippen molar-refractivity contribution in [2.24, 2.45) is 0 Å². The molecule has 1 aliphatic carbocycles. The van der Waals surface area contributed by atoms with E-state index in [-0.39, 0.29) is 5.75 Å². The Hall–Kier alpha value is -2.01. The van der Waals surface area contributed by atoms with Gasteiger partial charge in [0, 0.05) is 31.0 Å². The van der Waals surface area contributed by atoms with Crippen LogP contribution in [0.3, 0.4) is 0 Å². The second kappa shape index (κ2) is 6.18. The number of nitrogens with zero attached hydrogens (tertiary/aromatic N) is 2. The molecule has 0 spiro atoms. The molecule has 1 aliphatic rings. The van der Waals surface area contributed by atoms with Gasteiger partial charge in [-0.05, 0) is 37.0 Å². The highest BCUT2D eigenvalue weighted by Crippen LogP contribution is 2.31. The lowest BCUT2D eigenvalue weighted by molar-refractivity contribution is 0.371. The molecular formula is C16H21N3O2. The molecule has 2 unspecified atom stereocenters. The molecule has 1 aromatic heterocycles. The second-order valence-electron chi connectivity index (χ2n) is 5.50. The van der Waals surface area contributed by atoms with Crippen molar-refractivity contribution in [1.82, 2.24) is 14.9 Å². The van der Waals surface area contributed by atoms with Crippen molar-refractivity contribution in [2.45, 2.75) is 37.9 Å². The SMILES string of the molecule is COc1cc(CNC2CCCC2n2ccnc2)ccc1O. The molecule has 5 nitrogen and oxygen atoms in total. The topological polar surface area (TPSA) is 59.3 Å². The summed E-state index contributed by atoms with van der Waals surface area (Å²) in [5.74, 6) is 0.699. The first-order valence-corrected chi connectivity index (χ1v) is 7.34. The summed E-state index contributed by atoms with van der Waals surface area (Å²) >= 11 is 0. The molecule has 1 aromatic carbocycles. The average molecular weight is 287 g/mol. The van der Waals surface area contributed by atoms with Crippen LogP contribution in [0.1, 0.15) is 30.9 Å². The van der Waals surface area contributed by atoms with Crippen molar-refractivity contribution < 1.29 is 9.84 Å². The van der Waals surface area contributed by atoms with Crippen LogP contribution in [0.2, 0.25) is 0 Å². The zero-order valence-electron chi connectivity index (χ0n) is 12.2. The minimum Gasteiger partial charge on any atom is -0.504 e. The molecule has 0 bridgehead atoms. The number of aromatic hydroxyl groups is 1. The lowest BCUT2D eigenvalue weighted by Crippen LogP contribution is -2.33. The van der Waals surface area contributed by atoms with E-state index in [0.717, 1.165) is 12.1 Å². The van der Waals surface area contributed by atoms with Crippen molar-refractivity contribution in [1.29, 1.82) is 0 Å². The van der Waals surface area contributed by atoms with Crippen LogP contribution in [0, 0.1) is 0 Å². The number of hydrogen-bond acceptors (Lipinski definition) is 4. The first kappa shape index (κ1) is 13.9. The summed E-state index contributed by atoms with van der Waals surface area (Å²) in [5.41, 5.74) is 1.11. The van der Waals surface area contributed by atoms with Gasteiger partial charge in [-0.1, -0.05) is 6.07 Å². The Morgan fingerprint density at radius 1 is 1.43 bits per heavy atom. The fourth-order valence-corrected chi connectivity index (χ4v) is 3.08. The molecule has 0 saturated heterocycles. The monoisotopic (exact) mass is 287 g/mol. The fraction of sp³-hybridized carbons (Fsp3) is 0.438. The molecule has 21 heavy (non-hydrogen) atoms. The van der Waals surface area contributed by atoms with Crippen LogP contribution >= 0.6 is 0 Å². The molecule has 2 N–H and O–H groups in total. The van der Waals surface area contributed by atoms with Gasteiger partial charge in [0.1, 0.15) is 0 Å². The van der Waals surface area contributed by atoms with Gasteiger partial charge in [-0.3, -0.25) is 0 Å². The number of phenolic OH excluding ortho intramolecular Hbond substituents is 1. The Bertz CT molecular complexity index is 583. The predicted molar refractivity (Wildman–Crippen MR) is 80.4 cm³/mol. The number of hydrogen-bond donors (Lipinski definition) is 2. The number of ether oxygens (including phenoxy) is 1. The first-order chi connectivity index (χ1) is 10.3. The second-order valence-corrected chi connectivity index (χ2v) is 5.50. The van der Waals surface area contributed by atoms with Crippen molar-refractivity contribution in [3.05, 3.63) is 42.5 Å². The number of rotatable bonds is 5. The van der Waals surface area contributed by atoms with Gasteiger partial charge in [0.25, 0.3) is 0 Å². The lowest BCUT2D eigenvalue weighted by atomic mass is 10.1. The number of phenols is 1. The van der Waals surface area contributed by atoms with Gasteiger partial charge in [-0.2, -0.15) is 0 Å². The average Bonchev–Trinajstić information content (AvgIpc) is 3.17. The van der Waals surface area contributed by atoms with Gasteiger partial charge in [0.2, 0.25) is 0 Å². The van der Waals surface area contributed by atoms with E-state index in [1.165, 1.54) is 19.3 Å². The maximum absolute atomic E-state index is 9.63. The van der Waals surface area contributed by atoms with Crippen LogP contribution in [-0.2, 0) is 6.54 Å². The normalized spacial score (nSPS) is 21.6. The molecule has 0 aliphatic heterocycles. The fourth-order valence-electron chi connectivity index (χ4n) is 3.08. The van der Waals surface area contributed by atoms with Crippen molar-refractivity contribution >= 4 is 0 Å². The van der Waals surface area contributed by atoms with E-state index in [0.29, 0.717) is 17.8 Å². The van der Waals surface area contributed by atoms with Crippen LogP contribution in [0.15, 0.2) is 36.9 Å². The predicted octanol–water partition coefficient (Wildman–Crippen LogP) is 2.48. The van der Waals surface area contributed by atoms with Gasteiger partial charge >= 0.3 is 0 Å². The lowest BCUT2D eigenvalue weighted by Gasteiger charge is -2.22. The highest BCUT2D eigenvalue weighted by molar-refractivity contribution is 5.41. The van der Waals surface area contributed by atoms with E-state index in [2.05, 4.69) is 14.9 Å². The first-order valence-electron chi connectivity index (χ1n) is 7.34. The molecule has 2 aromatic rings. The Kier molecular flexibility index (Phi) is 4.10. The van der Waals surface area contributed by atoms with Crippen LogP contribution in [0.4, 0.5) is 0 Å². The van der Waals surface area contributed by atoms with Crippen molar-refractivity contribution in [3.63, 3.8) is 0 Å². The van der Waals surface area contributed by atoms with E-state index in [9.17, 15) is 5.11 Å². The molecule has 0 amide bonds.